The molecule has 0 amide bonds. The van der Waals surface area contributed by atoms with Crippen LogP contribution in [0.5, 0.6) is 5.75 Å². The van der Waals surface area contributed by atoms with Gasteiger partial charge in [-0.1, -0.05) is 0 Å². The van der Waals surface area contributed by atoms with Gasteiger partial charge in [0, 0.05) is 0 Å². The fourth-order valence-corrected chi connectivity index (χ4v) is 5.10. The van der Waals surface area contributed by atoms with E-state index in [4.69, 9.17) is 17.0 Å². The monoisotopic (exact) mass is 328 g/mol. The van der Waals surface area contributed by atoms with Crippen molar-refractivity contribution in [3.05, 3.63) is 34.4 Å². The van der Waals surface area contributed by atoms with Crippen molar-refractivity contribution in [3.63, 3.8) is 0 Å². The predicted octanol–water partition coefficient (Wildman–Crippen LogP) is 2.88. The van der Waals surface area contributed by atoms with Gasteiger partial charge in [0.1, 0.15) is 0 Å². The Hall–Kier alpha value is -0.941. The van der Waals surface area contributed by atoms with Crippen molar-refractivity contribution in [1.29, 1.82) is 0 Å². The van der Waals surface area contributed by atoms with Crippen LogP contribution in [-0.4, -0.2) is 30.4 Å². The Kier molecular flexibility index (Phi) is 2.88. The number of aromatic nitrogens is 2. The second kappa shape index (κ2) is 4.38. The summed E-state index contributed by atoms with van der Waals surface area (Å²) in [5.41, 5.74) is 0. The van der Waals surface area contributed by atoms with Crippen LogP contribution in [-0.2, 0) is 0 Å². The van der Waals surface area contributed by atoms with Crippen molar-refractivity contribution < 1.29 is 4.74 Å². The third-order valence-corrected chi connectivity index (χ3v) is 6.35. The first kappa shape index (κ1) is 11.2. The summed E-state index contributed by atoms with van der Waals surface area (Å²) in [6, 6.07) is 6.08. The van der Waals surface area contributed by atoms with Crippen LogP contribution in [0.25, 0.3) is 14.8 Å². The van der Waals surface area contributed by atoms with Gasteiger partial charge in [0.2, 0.25) is 0 Å². The van der Waals surface area contributed by atoms with Crippen LogP contribution in [0.15, 0.2) is 29.8 Å². The van der Waals surface area contributed by atoms with Gasteiger partial charge >= 0.3 is 114 Å². The number of ether oxygens (including phenoxy) is 1. The van der Waals surface area contributed by atoms with Gasteiger partial charge < -0.3 is 0 Å². The van der Waals surface area contributed by atoms with E-state index >= 15 is 0 Å². The summed E-state index contributed by atoms with van der Waals surface area (Å²) in [4.78, 5) is 4.32. The molecule has 0 fully saturated rings. The quantitative estimate of drug-likeness (QED) is 0.535. The van der Waals surface area contributed by atoms with Crippen molar-refractivity contribution in [2.24, 2.45) is 0 Å². The summed E-state index contributed by atoms with van der Waals surface area (Å²) in [7, 11) is 1.67. The summed E-state index contributed by atoms with van der Waals surface area (Å²) in [5, 5.41) is 4.05. The van der Waals surface area contributed by atoms with Gasteiger partial charge in [-0.2, -0.15) is 0 Å². The number of nitrogens with zero attached hydrogens (tertiary/aromatic N) is 2. The predicted molar refractivity (Wildman–Crippen MR) is 73.3 cm³/mol. The first-order valence-electron chi connectivity index (χ1n) is 4.89. The normalized spacial score (nSPS) is 10.9. The van der Waals surface area contributed by atoms with Crippen molar-refractivity contribution in [1.82, 2.24) is 8.55 Å². The third-order valence-electron chi connectivity index (χ3n) is 2.38. The molecule has 0 saturated heterocycles. The van der Waals surface area contributed by atoms with Crippen LogP contribution in [0, 0.1) is 4.64 Å². The second-order valence-electron chi connectivity index (χ2n) is 3.37. The zero-order valence-electron chi connectivity index (χ0n) is 8.91. The fourth-order valence-electron chi connectivity index (χ4n) is 1.57. The standard InChI is InChI=1S/C11H8N2OS2Se/c1-14-7-2-3-9-8(6-7)10(15)13(17-9)11-12-4-5-16-11/h2-6H,1H3. The van der Waals surface area contributed by atoms with Crippen LogP contribution in [0.1, 0.15) is 0 Å². The number of benzene rings is 1. The van der Waals surface area contributed by atoms with Gasteiger partial charge in [0.25, 0.3) is 0 Å². The Morgan fingerprint density at radius 3 is 3.06 bits per heavy atom. The molecule has 3 rings (SSSR count). The van der Waals surface area contributed by atoms with Gasteiger partial charge in [0.05, 0.1) is 0 Å². The van der Waals surface area contributed by atoms with E-state index in [0.717, 1.165) is 20.9 Å². The number of thiazole rings is 1. The van der Waals surface area contributed by atoms with Gasteiger partial charge in [-0.05, 0) is 0 Å². The van der Waals surface area contributed by atoms with Crippen molar-refractivity contribution in [3.8, 4) is 10.9 Å². The molecule has 0 aliphatic rings. The molecule has 0 saturated carbocycles. The van der Waals surface area contributed by atoms with Crippen LogP contribution in [0.3, 0.4) is 0 Å². The topological polar surface area (TPSA) is 27.1 Å². The van der Waals surface area contributed by atoms with Crippen molar-refractivity contribution in [2.45, 2.75) is 0 Å². The Morgan fingerprint density at radius 1 is 1.47 bits per heavy atom. The van der Waals surface area contributed by atoms with E-state index in [1.54, 1.807) is 18.4 Å². The molecular weight excluding hydrogens is 319 g/mol. The van der Waals surface area contributed by atoms with E-state index in [0.29, 0.717) is 0 Å². The van der Waals surface area contributed by atoms with Crippen molar-refractivity contribution in [2.75, 3.05) is 7.11 Å². The Balaban J connectivity index is 2.29. The first-order valence-corrected chi connectivity index (χ1v) is 7.80. The molecule has 0 unspecified atom stereocenters. The van der Waals surface area contributed by atoms with Gasteiger partial charge in [0.15, 0.2) is 0 Å². The SMILES string of the molecule is COc1ccc2[se]n(-c3nccs3)c(=S)c2c1. The summed E-state index contributed by atoms with van der Waals surface area (Å²) in [5.74, 6) is 0.850. The molecule has 0 aliphatic heterocycles. The molecule has 17 heavy (non-hydrogen) atoms. The molecule has 2 aromatic heterocycles. The van der Waals surface area contributed by atoms with Crippen LogP contribution >= 0.6 is 23.6 Å². The molecule has 3 aromatic rings. The average Bonchev–Trinajstić information content (AvgIpc) is 2.97. The van der Waals surface area contributed by atoms with E-state index < -0.39 is 0 Å². The maximum atomic E-state index is 5.50. The summed E-state index contributed by atoms with van der Waals surface area (Å²) in [6.07, 6.45) is 1.81. The molecule has 2 heterocycles. The number of hydrogen-bond acceptors (Lipinski definition) is 4. The Bertz CT molecular complexity index is 715. The molecule has 0 bridgehead atoms. The van der Waals surface area contributed by atoms with Crippen LogP contribution in [0.2, 0.25) is 0 Å². The minimum atomic E-state index is 0.191. The number of fused-ring (bicyclic) bond motifs is 1. The maximum absolute atomic E-state index is 5.50. The van der Waals surface area contributed by atoms with E-state index in [1.807, 2.05) is 23.7 Å². The molecule has 0 radical (unpaired) electrons. The zero-order valence-corrected chi connectivity index (χ0v) is 12.3. The van der Waals surface area contributed by atoms with Crippen molar-refractivity contribution >= 4 is 47.9 Å². The molecule has 0 spiro atoms. The molecular formula is C11H8N2OS2Se. The zero-order chi connectivity index (χ0) is 11.8. The van der Waals surface area contributed by atoms with Gasteiger partial charge in [-0.3, -0.25) is 0 Å². The molecule has 0 atom stereocenters. The van der Waals surface area contributed by atoms with Gasteiger partial charge in [-0.25, -0.2) is 0 Å². The van der Waals surface area contributed by atoms with E-state index in [-0.39, 0.29) is 14.7 Å². The molecule has 6 heteroatoms. The average molecular weight is 327 g/mol. The van der Waals surface area contributed by atoms with Crippen LogP contribution < -0.4 is 4.74 Å². The summed E-state index contributed by atoms with van der Waals surface area (Å²) < 4.78 is 9.50. The van der Waals surface area contributed by atoms with E-state index in [2.05, 4.69) is 14.6 Å². The molecule has 3 nitrogen and oxygen atoms in total. The van der Waals surface area contributed by atoms with E-state index in [1.165, 1.54) is 4.26 Å². The second-order valence-corrected chi connectivity index (χ2v) is 6.70. The molecule has 86 valence electrons. The van der Waals surface area contributed by atoms with Crippen LogP contribution in [0.4, 0.5) is 0 Å². The fraction of sp³-hybridized carbons (Fsp3) is 0.0909. The molecule has 0 N–H and O–H groups in total. The number of hydrogen-bond donors (Lipinski definition) is 0. The minimum absolute atomic E-state index is 0.191. The first-order chi connectivity index (χ1) is 8.29. The Morgan fingerprint density at radius 2 is 2.35 bits per heavy atom. The number of rotatable bonds is 2. The Labute approximate surface area is 113 Å². The third kappa shape index (κ3) is 1.87. The number of methoxy groups -OCH3 is 1. The van der Waals surface area contributed by atoms with E-state index in [9.17, 15) is 0 Å². The molecule has 0 aliphatic carbocycles. The van der Waals surface area contributed by atoms with Gasteiger partial charge in [-0.15, -0.1) is 0 Å². The summed E-state index contributed by atoms with van der Waals surface area (Å²) in [6.45, 7) is 0. The molecule has 1 aromatic carbocycles. The summed E-state index contributed by atoms with van der Waals surface area (Å²) >= 11 is 7.31.